The number of fused-ring (bicyclic) bond motifs is 1. The number of halogens is 1. The summed E-state index contributed by atoms with van der Waals surface area (Å²) in [5.41, 5.74) is 5.33. The molecule has 1 aliphatic heterocycles. The van der Waals surface area contributed by atoms with Crippen molar-refractivity contribution in [1.29, 1.82) is 0 Å². The van der Waals surface area contributed by atoms with Crippen LogP contribution in [-0.2, 0) is 12.8 Å². The lowest BCUT2D eigenvalue weighted by molar-refractivity contribution is 0.502. The van der Waals surface area contributed by atoms with Gasteiger partial charge in [0.2, 0.25) is 0 Å². The quantitative estimate of drug-likeness (QED) is 0.868. The molecule has 1 unspecified atom stereocenters. The Morgan fingerprint density at radius 3 is 2.89 bits per heavy atom. The van der Waals surface area contributed by atoms with Crippen molar-refractivity contribution in [3.05, 3.63) is 69.7 Å². The topological polar surface area (TPSA) is 12.0 Å². The van der Waals surface area contributed by atoms with Gasteiger partial charge in [0.25, 0.3) is 0 Å². The molecule has 3 rings (SSSR count). The van der Waals surface area contributed by atoms with Crippen LogP contribution in [-0.4, -0.2) is 6.54 Å². The fourth-order valence-corrected chi connectivity index (χ4v) is 3.13. The molecule has 1 atom stereocenters. The summed E-state index contributed by atoms with van der Waals surface area (Å²) in [6, 6.07) is 15.4. The highest BCUT2D eigenvalue weighted by Crippen LogP contribution is 2.28. The number of aryl methyl sites for hydroxylation is 1. The zero-order chi connectivity index (χ0) is 13.2. The molecule has 0 radical (unpaired) electrons. The van der Waals surface area contributed by atoms with Crippen LogP contribution in [0.15, 0.2) is 42.5 Å². The van der Waals surface area contributed by atoms with Crippen molar-refractivity contribution in [3.63, 3.8) is 0 Å². The number of rotatable bonds is 2. The summed E-state index contributed by atoms with van der Waals surface area (Å²) < 4.78 is 0. The third-order valence-corrected chi connectivity index (χ3v) is 4.20. The van der Waals surface area contributed by atoms with Crippen LogP contribution in [0.3, 0.4) is 0 Å². The zero-order valence-electron chi connectivity index (χ0n) is 11.1. The highest BCUT2D eigenvalue weighted by Gasteiger charge is 2.20. The molecule has 1 heterocycles. The van der Waals surface area contributed by atoms with Crippen LogP contribution in [0.5, 0.6) is 0 Å². The second kappa shape index (κ2) is 5.36. The van der Waals surface area contributed by atoms with Crippen LogP contribution in [0, 0.1) is 6.92 Å². The Balaban J connectivity index is 1.88. The van der Waals surface area contributed by atoms with Gasteiger partial charge in [-0.05, 0) is 54.6 Å². The second-order valence-corrected chi connectivity index (χ2v) is 5.66. The summed E-state index contributed by atoms with van der Waals surface area (Å²) >= 11 is 6.35. The number of hydrogen-bond donors (Lipinski definition) is 1. The van der Waals surface area contributed by atoms with Gasteiger partial charge in [-0.2, -0.15) is 0 Å². The molecule has 2 aromatic carbocycles. The molecule has 1 N–H and O–H groups in total. The van der Waals surface area contributed by atoms with Crippen LogP contribution in [0.4, 0.5) is 0 Å². The van der Waals surface area contributed by atoms with Gasteiger partial charge in [0.15, 0.2) is 0 Å². The Bertz CT molecular complexity index is 592. The summed E-state index contributed by atoms with van der Waals surface area (Å²) in [4.78, 5) is 0. The SMILES string of the molecule is Cc1ccc(CC2NCCc3ccccc32)c(Cl)c1. The van der Waals surface area contributed by atoms with Gasteiger partial charge in [0.05, 0.1) is 0 Å². The number of benzene rings is 2. The normalized spacial score (nSPS) is 18.1. The van der Waals surface area contributed by atoms with Crippen molar-refractivity contribution in [1.82, 2.24) is 5.32 Å². The maximum Gasteiger partial charge on any atom is 0.0441 e. The minimum absolute atomic E-state index is 0.380. The smallest absolute Gasteiger partial charge is 0.0441 e. The molecule has 2 heteroatoms. The molecule has 0 bridgehead atoms. The predicted octanol–water partition coefficient (Wildman–Crippen LogP) is 4.08. The van der Waals surface area contributed by atoms with E-state index in [0.29, 0.717) is 6.04 Å². The molecule has 1 aliphatic rings. The van der Waals surface area contributed by atoms with E-state index in [1.165, 1.54) is 22.3 Å². The minimum Gasteiger partial charge on any atom is -0.309 e. The van der Waals surface area contributed by atoms with Crippen molar-refractivity contribution >= 4 is 11.6 Å². The van der Waals surface area contributed by atoms with Gasteiger partial charge >= 0.3 is 0 Å². The number of hydrogen-bond acceptors (Lipinski definition) is 1. The van der Waals surface area contributed by atoms with Crippen molar-refractivity contribution in [2.45, 2.75) is 25.8 Å². The van der Waals surface area contributed by atoms with Crippen molar-refractivity contribution < 1.29 is 0 Å². The standard InChI is InChI=1S/C17H18ClN/c1-12-6-7-14(16(18)10-12)11-17-15-5-3-2-4-13(15)8-9-19-17/h2-7,10,17,19H,8-9,11H2,1H3. The fourth-order valence-electron chi connectivity index (χ4n) is 2.81. The monoisotopic (exact) mass is 271 g/mol. The van der Waals surface area contributed by atoms with E-state index >= 15 is 0 Å². The van der Waals surface area contributed by atoms with E-state index in [-0.39, 0.29) is 0 Å². The van der Waals surface area contributed by atoms with Crippen molar-refractivity contribution in [2.24, 2.45) is 0 Å². The molecule has 2 aromatic rings. The molecule has 1 nitrogen and oxygen atoms in total. The summed E-state index contributed by atoms with van der Waals surface area (Å²) in [5.74, 6) is 0. The van der Waals surface area contributed by atoms with Gasteiger partial charge in [-0.1, -0.05) is 48.0 Å². The van der Waals surface area contributed by atoms with Gasteiger partial charge in [-0.3, -0.25) is 0 Å². The maximum atomic E-state index is 6.35. The summed E-state index contributed by atoms with van der Waals surface area (Å²) in [7, 11) is 0. The molecular formula is C17H18ClN. The van der Waals surface area contributed by atoms with Gasteiger partial charge in [0, 0.05) is 11.1 Å². The highest BCUT2D eigenvalue weighted by atomic mass is 35.5. The lowest BCUT2D eigenvalue weighted by Crippen LogP contribution is -2.31. The van der Waals surface area contributed by atoms with Crippen molar-refractivity contribution in [3.8, 4) is 0 Å². The van der Waals surface area contributed by atoms with Crippen LogP contribution in [0.2, 0.25) is 5.02 Å². The molecule has 0 fully saturated rings. The van der Waals surface area contributed by atoms with E-state index in [1.54, 1.807) is 0 Å². The van der Waals surface area contributed by atoms with Crippen molar-refractivity contribution in [2.75, 3.05) is 6.54 Å². The first-order valence-corrected chi connectivity index (χ1v) is 7.18. The molecule has 98 valence electrons. The van der Waals surface area contributed by atoms with E-state index < -0.39 is 0 Å². The van der Waals surface area contributed by atoms with Crippen LogP contribution in [0.25, 0.3) is 0 Å². The van der Waals surface area contributed by atoms with Crippen LogP contribution >= 0.6 is 11.6 Å². The van der Waals surface area contributed by atoms with E-state index in [1.807, 2.05) is 6.07 Å². The first-order chi connectivity index (χ1) is 9.24. The van der Waals surface area contributed by atoms with E-state index in [9.17, 15) is 0 Å². The average Bonchev–Trinajstić information content (AvgIpc) is 2.42. The Morgan fingerprint density at radius 2 is 2.05 bits per heavy atom. The molecule has 19 heavy (non-hydrogen) atoms. The lowest BCUT2D eigenvalue weighted by Gasteiger charge is -2.27. The van der Waals surface area contributed by atoms with Gasteiger partial charge < -0.3 is 5.32 Å². The number of nitrogens with one attached hydrogen (secondary N) is 1. The molecule has 0 aromatic heterocycles. The summed E-state index contributed by atoms with van der Waals surface area (Å²) in [6.07, 6.45) is 2.07. The Labute approximate surface area is 119 Å². The van der Waals surface area contributed by atoms with E-state index in [2.05, 4.69) is 48.6 Å². The maximum absolute atomic E-state index is 6.35. The fraction of sp³-hybridized carbons (Fsp3) is 0.294. The lowest BCUT2D eigenvalue weighted by atomic mass is 9.90. The molecule has 0 saturated carbocycles. The van der Waals surface area contributed by atoms with Crippen LogP contribution in [0.1, 0.15) is 28.3 Å². The van der Waals surface area contributed by atoms with E-state index in [0.717, 1.165) is 24.4 Å². The van der Waals surface area contributed by atoms with Gasteiger partial charge in [-0.25, -0.2) is 0 Å². The largest absolute Gasteiger partial charge is 0.309 e. The summed E-state index contributed by atoms with van der Waals surface area (Å²) in [5, 5.41) is 4.49. The summed E-state index contributed by atoms with van der Waals surface area (Å²) in [6.45, 7) is 3.12. The predicted molar refractivity (Wildman–Crippen MR) is 80.8 cm³/mol. The zero-order valence-corrected chi connectivity index (χ0v) is 11.9. The van der Waals surface area contributed by atoms with Gasteiger partial charge in [-0.15, -0.1) is 0 Å². The van der Waals surface area contributed by atoms with Gasteiger partial charge in [0.1, 0.15) is 0 Å². The van der Waals surface area contributed by atoms with Crippen LogP contribution < -0.4 is 5.32 Å². The third-order valence-electron chi connectivity index (χ3n) is 3.85. The molecule has 0 aliphatic carbocycles. The average molecular weight is 272 g/mol. The molecule has 0 amide bonds. The van der Waals surface area contributed by atoms with E-state index in [4.69, 9.17) is 11.6 Å². The molecule has 0 saturated heterocycles. The minimum atomic E-state index is 0.380. The second-order valence-electron chi connectivity index (χ2n) is 5.25. The Morgan fingerprint density at radius 1 is 1.21 bits per heavy atom. The first kappa shape index (κ1) is 12.7. The Kier molecular flexibility index (Phi) is 3.58. The third kappa shape index (κ3) is 2.68. The Hall–Kier alpha value is -1.31. The first-order valence-electron chi connectivity index (χ1n) is 6.80. The molecule has 0 spiro atoms. The molecular weight excluding hydrogens is 254 g/mol. The highest BCUT2D eigenvalue weighted by molar-refractivity contribution is 6.31.